The SMILES string of the molecule is N[C@@H](Cc1ccc(C[P@@](=O)(O)OO)cc1)C(=O)O. The number of rotatable bonds is 6. The van der Waals surface area contributed by atoms with E-state index in [-0.39, 0.29) is 12.6 Å². The van der Waals surface area contributed by atoms with Crippen LogP contribution >= 0.6 is 7.60 Å². The Morgan fingerprint density at radius 3 is 2.28 bits per heavy atom. The highest BCUT2D eigenvalue weighted by atomic mass is 31.2. The van der Waals surface area contributed by atoms with Gasteiger partial charge in [0.2, 0.25) is 0 Å². The lowest BCUT2D eigenvalue weighted by Gasteiger charge is -2.09. The summed E-state index contributed by atoms with van der Waals surface area (Å²) < 4.78 is 14.6. The van der Waals surface area contributed by atoms with Gasteiger partial charge in [-0.05, 0) is 17.5 Å². The molecule has 0 unspecified atom stereocenters. The molecule has 0 aliphatic carbocycles. The van der Waals surface area contributed by atoms with Gasteiger partial charge in [-0.25, -0.2) is 5.26 Å². The van der Waals surface area contributed by atoms with E-state index >= 15 is 0 Å². The fraction of sp³-hybridized carbons (Fsp3) is 0.300. The molecule has 2 atom stereocenters. The van der Waals surface area contributed by atoms with Crippen molar-refractivity contribution in [1.29, 1.82) is 0 Å². The van der Waals surface area contributed by atoms with E-state index in [9.17, 15) is 9.36 Å². The van der Waals surface area contributed by atoms with Crippen LogP contribution in [0.2, 0.25) is 0 Å². The van der Waals surface area contributed by atoms with Crippen molar-refractivity contribution in [3.63, 3.8) is 0 Å². The molecule has 1 rings (SSSR count). The number of carboxylic acid groups (broad SMARTS) is 1. The van der Waals surface area contributed by atoms with Crippen molar-refractivity contribution in [1.82, 2.24) is 0 Å². The number of hydrogen-bond donors (Lipinski definition) is 4. The number of hydrogen-bond acceptors (Lipinski definition) is 5. The third kappa shape index (κ3) is 4.56. The summed E-state index contributed by atoms with van der Waals surface area (Å²) in [6.07, 6.45) is -0.155. The Morgan fingerprint density at radius 1 is 1.33 bits per heavy atom. The van der Waals surface area contributed by atoms with Gasteiger partial charge in [-0.15, -0.1) is 0 Å². The highest BCUT2D eigenvalue weighted by Gasteiger charge is 2.20. The third-order valence-corrected chi connectivity index (χ3v) is 3.33. The number of benzene rings is 1. The zero-order chi connectivity index (χ0) is 13.8. The summed E-state index contributed by atoms with van der Waals surface area (Å²) in [5.41, 5.74) is 6.56. The van der Waals surface area contributed by atoms with E-state index in [4.69, 9.17) is 21.0 Å². The Labute approximate surface area is 103 Å². The molecule has 8 heteroatoms. The second kappa shape index (κ2) is 6.08. The van der Waals surface area contributed by atoms with Gasteiger partial charge in [0.15, 0.2) is 0 Å². The number of carboxylic acids is 1. The van der Waals surface area contributed by atoms with E-state index in [1.807, 2.05) is 0 Å². The van der Waals surface area contributed by atoms with Crippen LogP contribution in [-0.4, -0.2) is 27.3 Å². The van der Waals surface area contributed by atoms with Gasteiger partial charge in [0.05, 0.1) is 6.16 Å². The molecule has 0 amide bonds. The molecular weight excluding hydrogens is 261 g/mol. The quantitative estimate of drug-likeness (QED) is 0.343. The maximum atomic E-state index is 11.1. The molecule has 0 fully saturated rings. The smallest absolute Gasteiger partial charge is 0.359 e. The summed E-state index contributed by atoms with van der Waals surface area (Å²) in [5.74, 6) is -1.09. The van der Waals surface area contributed by atoms with Crippen LogP contribution < -0.4 is 5.73 Å². The molecule has 0 saturated carbocycles. The number of nitrogens with two attached hydrogens (primary N) is 1. The minimum atomic E-state index is -4.02. The van der Waals surface area contributed by atoms with Crippen LogP contribution in [0.25, 0.3) is 0 Å². The minimum absolute atomic E-state index is 0.170. The van der Waals surface area contributed by atoms with Gasteiger partial charge in [-0.2, -0.15) is 4.67 Å². The molecule has 0 aliphatic heterocycles. The van der Waals surface area contributed by atoms with Crippen molar-refractivity contribution >= 4 is 13.6 Å². The standard InChI is InChI=1S/C10H14NO6P/c11-9(10(12)13)5-7-1-3-8(4-2-7)6-18(15,16)17-14/h1-4,9,14H,5-6,11H2,(H,12,13)(H,15,16)/t9-/m0/s1. The van der Waals surface area contributed by atoms with Crippen LogP contribution in [0.4, 0.5) is 0 Å². The molecule has 0 saturated heterocycles. The first-order valence-corrected chi connectivity index (χ1v) is 6.81. The summed E-state index contributed by atoms with van der Waals surface area (Å²) in [5, 5.41) is 16.8. The molecule has 18 heavy (non-hydrogen) atoms. The average molecular weight is 275 g/mol. The number of aliphatic carboxylic acids is 1. The summed E-state index contributed by atoms with van der Waals surface area (Å²) in [6.45, 7) is 0. The van der Waals surface area contributed by atoms with Gasteiger partial charge in [0.25, 0.3) is 0 Å². The lowest BCUT2D eigenvalue weighted by atomic mass is 10.1. The van der Waals surface area contributed by atoms with E-state index in [0.29, 0.717) is 11.1 Å². The molecule has 1 aromatic rings. The topological polar surface area (TPSA) is 130 Å². The Morgan fingerprint density at radius 2 is 1.83 bits per heavy atom. The van der Waals surface area contributed by atoms with Crippen molar-refractivity contribution in [2.75, 3.05) is 0 Å². The predicted molar refractivity (Wildman–Crippen MR) is 63.0 cm³/mol. The van der Waals surface area contributed by atoms with E-state index in [0.717, 1.165) is 0 Å². The molecule has 0 spiro atoms. The summed E-state index contributed by atoms with van der Waals surface area (Å²) >= 11 is 0. The van der Waals surface area contributed by atoms with E-state index in [1.54, 1.807) is 24.3 Å². The van der Waals surface area contributed by atoms with E-state index in [2.05, 4.69) is 4.67 Å². The maximum Gasteiger partial charge on any atom is 0.359 e. The predicted octanol–water partition coefficient (Wildman–Crippen LogP) is 0.816. The fourth-order valence-corrected chi connectivity index (χ4v) is 2.11. The summed E-state index contributed by atoms with van der Waals surface area (Å²) in [4.78, 5) is 19.6. The van der Waals surface area contributed by atoms with Crippen LogP contribution in [0.1, 0.15) is 11.1 Å². The average Bonchev–Trinajstić information content (AvgIpc) is 2.31. The molecule has 0 aromatic heterocycles. The van der Waals surface area contributed by atoms with Crippen LogP contribution in [0.15, 0.2) is 24.3 Å². The number of carbonyl (C=O) groups is 1. The highest BCUT2D eigenvalue weighted by molar-refractivity contribution is 7.51. The first-order valence-electron chi connectivity index (χ1n) is 5.05. The largest absolute Gasteiger partial charge is 0.480 e. The maximum absolute atomic E-state index is 11.1. The zero-order valence-corrected chi connectivity index (χ0v) is 10.3. The molecule has 0 radical (unpaired) electrons. The van der Waals surface area contributed by atoms with Crippen molar-refractivity contribution < 1.29 is 29.3 Å². The summed E-state index contributed by atoms with van der Waals surface area (Å²) in [6, 6.07) is 5.32. The van der Waals surface area contributed by atoms with Gasteiger partial charge in [-0.1, -0.05) is 24.3 Å². The Balaban J connectivity index is 2.69. The minimum Gasteiger partial charge on any atom is -0.480 e. The van der Waals surface area contributed by atoms with Crippen LogP contribution in [-0.2, 0) is 26.6 Å². The Bertz CT molecular complexity index is 460. The van der Waals surface area contributed by atoms with Crippen molar-refractivity contribution in [2.45, 2.75) is 18.6 Å². The first-order chi connectivity index (χ1) is 8.34. The van der Waals surface area contributed by atoms with Crippen LogP contribution in [0.5, 0.6) is 0 Å². The van der Waals surface area contributed by atoms with Crippen molar-refractivity contribution in [3.05, 3.63) is 35.4 Å². The van der Waals surface area contributed by atoms with E-state index < -0.39 is 19.6 Å². The molecule has 0 aliphatic rings. The van der Waals surface area contributed by atoms with Gasteiger partial charge < -0.3 is 15.7 Å². The second-order valence-corrected chi connectivity index (χ2v) is 5.60. The van der Waals surface area contributed by atoms with Gasteiger partial charge in [-0.3, -0.25) is 9.36 Å². The first kappa shape index (κ1) is 14.8. The van der Waals surface area contributed by atoms with E-state index in [1.165, 1.54) is 0 Å². The molecule has 5 N–H and O–H groups in total. The molecule has 100 valence electrons. The second-order valence-electron chi connectivity index (χ2n) is 3.84. The van der Waals surface area contributed by atoms with Gasteiger partial charge in [0.1, 0.15) is 6.04 Å². The normalized spacial score (nSPS) is 15.9. The van der Waals surface area contributed by atoms with Crippen LogP contribution in [0.3, 0.4) is 0 Å². The molecular formula is C10H14NO6P. The molecule has 0 bridgehead atoms. The Hall–Kier alpha value is -1.24. The molecule has 1 aromatic carbocycles. The van der Waals surface area contributed by atoms with Crippen molar-refractivity contribution in [3.8, 4) is 0 Å². The van der Waals surface area contributed by atoms with Gasteiger partial charge in [0, 0.05) is 0 Å². The van der Waals surface area contributed by atoms with Crippen molar-refractivity contribution in [2.24, 2.45) is 5.73 Å². The zero-order valence-electron chi connectivity index (χ0n) is 9.39. The monoisotopic (exact) mass is 275 g/mol. The highest BCUT2D eigenvalue weighted by Crippen LogP contribution is 2.44. The fourth-order valence-electron chi connectivity index (χ4n) is 1.38. The van der Waals surface area contributed by atoms with Gasteiger partial charge >= 0.3 is 13.6 Å². The summed E-state index contributed by atoms with van der Waals surface area (Å²) in [7, 11) is -4.02. The third-order valence-electron chi connectivity index (χ3n) is 2.31. The molecule has 7 nitrogen and oxygen atoms in total. The lowest BCUT2D eigenvalue weighted by Crippen LogP contribution is -2.32. The lowest BCUT2D eigenvalue weighted by molar-refractivity contribution is -0.146. The molecule has 0 heterocycles. The van der Waals surface area contributed by atoms with Crippen LogP contribution in [0, 0.1) is 0 Å². The Kier molecular flexibility index (Phi) is 5.01.